The highest BCUT2D eigenvalue weighted by molar-refractivity contribution is 6.33. The number of nitrogens with one attached hydrogen (secondary N) is 2. The number of pyridine rings is 1. The van der Waals surface area contributed by atoms with Gasteiger partial charge in [0.1, 0.15) is 17.8 Å². The van der Waals surface area contributed by atoms with E-state index < -0.39 is 11.7 Å². The van der Waals surface area contributed by atoms with Crippen LogP contribution in [0.4, 0.5) is 36.3 Å². The number of hydrogen-bond acceptors (Lipinski definition) is 7. The van der Waals surface area contributed by atoms with Crippen LogP contribution in [-0.2, 0) is 6.18 Å². The second-order valence-electron chi connectivity index (χ2n) is 4.67. The summed E-state index contributed by atoms with van der Waals surface area (Å²) in [5, 5.41) is 4.10. The van der Waals surface area contributed by atoms with Gasteiger partial charge in [-0.05, 0) is 6.07 Å². The highest BCUT2D eigenvalue weighted by Crippen LogP contribution is 2.34. The highest BCUT2D eigenvalue weighted by Gasteiger charge is 2.31. The lowest BCUT2D eigenvalue weighted by atomic mass is 10.3. The average Bonchev–Trinajstić information content (AvgIpc) is 2.43. The van der Waals surface area contributed by atoms with Crippen molar-refractivity contribution in [2.45, 2.75) is 6.18 Å². The fraction of sp³-hybridized carbons (Fsp3) is 0.250. The van der Waals surface area contributed by atoms with Crippen LogP contribution >= 0.6 is 11.6 Å². The molecule has 2 rings (SSSR count). The van der Waals surface area contributed by atoms with Gasteiger partial charge in [0.25, 0.3) is 0 Å². The molecule has 23 heavy (non-hydrogen) atoms. The van der Waals surface area contributed by atoms with Gasteiger partial charge in [-0.15, -0.1) is 0 Å². The smallest absolute Gasteiger partial charge is 0.393 e. The fourth-order valence-corrected chi connectivity index (χ4v) is 1.81. The van der Waals surface area contributed by atoms with E-state index in [0.717, 1.165) is 6.07 Å². The molecule has 2 aromatic heterocycles. The maximum absolute atomic E-state index is 12.6. The van der Waals surface area contributed by atoms with E-state index in [1.807, 2.05) is 0 Å². The lowest BCUT2D eigenvalue weighted by Gasteiger charge is -2.16. The molecular formula is C12H13ClF3N7. The summed E-state index contributed by atoms with van der Waals surface area (Å²) in [7, 11) is 3.48. The van der Waals surface area contributed by atoms with Crippen molar-refractivity contribution in [1.29, 1.82) is 0 Å². The van der Waals surface area contributed by atoms with Crippen LogP contribution in [0.15, 0.2) is 18.6 Å². The summed E-state index contributed by atoms with van der Waals surface area (Å²) >= 11 is 5.83. The molecule has 0 atom stereocenters. The monoisotopic (exact) mass is 347 g/mol. The van der Waals surface area contributed by atoms with Crippen LogP contribution in [0.25, 0.3) is 0 Å². The predicted octanol–water partition coefficient (Wildman–Crippen LogP) is 2.76. The van der Waals surface area contributed by atoms with Gasteiger partial charge in [0, 0.05) is 20.3 Å². The van der Waals surface area contributed by atoms with Crippen LogP contribution in [0.1, 0.15) is 5.56 Å². The van der Waals surface area contributed by atoms with Crippen molar-refractivity contribution < 1.29 is 13.2 Å². The second-order valence-corrected chi connectivity index (χ2v) is 5.08. The fourth-order valence-electron chi connectivity index (χ4n) is 1.59. The summed E-state index contributed by atoms with van der Waals surface area (Å²) in [5.41, 5.74) is 7.98. The van der Waals surface area contributed by atoms with E-state index in [-0.39, 0.29) is 22.3 Å². The van der Waals surface area contributed by atoms with E-state index in [1.54, 1.807) is 19.1 Å². The molecule has 0 saturated heterocycles. The van der Waals surface area contributed by atoms with Crippen LogP contribution in [0.2, 0.25) is 5.02 Å². The maximum Gasteiger partial charge on any atom is 0.417 e. The minimum absolute atomic E-state index is 0.000805. The summed E-state index contributed by atoms with van der Waals surface area (Å²) in [4.78, 5) is 11.5. The molecule has 4 N–H and O–H groups in total. The predicted molar refractivity (Wildman–Crippen MR) is 81.3 cm³/mol. The Morgan fingerprint density at radius 1 is 1.13 bits per heavy atom. The normalized spacial score (nSPS) is 11.6. The first-order chi connectivity index (χ1) is 10.7. The molecule has 0 aliphatic carbocycles. The molecule has 0 saturated carbocycles. The molecule has 0 aliphatic rings. The Hall–Kier alpha value is -2.33. The number of anilines is 4. The van der Waals surface area contributed by atoms with Crippen LogP contribution in [0.3, 0.4) is 0 Å². The van der Waals surface area contributed by atoms with Crippen molar-refractivity contribution in [1.82, 2.24) is 20.0 Å². The minimum atomic E-state index is -4.52. The van der Waals surface area contributed by atoms with Crippen molar-refractivity contribution in [3.63, 3.8) is 0 Å². The number of nitrogen functional groups attached to an aromatic ring is 1. The number of nitrogens with two attached hydrogens (primary N) is 1. The Labute approximate surface area is 134 Å². The number of alkyl halides is 3. The molecule has 0 bridgehead atoms. The average molecular weight is 348 g/mol. The minimum Gasteiger partial charge on any atom is -0.393 e. The molecule has 0 unspecified atom stereocenters. The molecule has 2 heterocycles. The third kappa shape index (κ3) is 4.11. The van der Waals surface area contributed by atoms with Gasteiger partial charge in [-0.2, -0.15) is 13.2 Å². The SMILES string of the molecule is CN(C)Nc1ncnc(Nc2ncc(C(F)(F)F)cc2Cl)c1N. The van der Waals surface area contributed by atoms with E-state index >= 15 is 0 Å². The van der Waals surface area contributed by atoms with Crippen molar-refractivity contribution in [3.8, 4) is 0 Å². The van der Waals surface area contributed by atoms with Crippen molar-refractivity contribution >= 4 is 34.7 Å². The van der Waals surface area contributed by atoms with Crippen LogP contribution in [0.5, 0.6) is 0 Å². The molecule has 2 aromatic rings. The van der Waals surface area contributed by atoms with Crippen molar-refractivity contribution in [2.24, 2.45) is 0 Å². The van der Waals surface area contributed by atoms with E-state index in [4.69, 9.17) is 17.3 Å². The number of rotatable bonds is 4. The third-order valence-electron chi connectivity index (χ3n) is 2.62. The summed E-state index contributed by atoms with van der Waals surface area (Å²) < 4.78 is 37.8. The molecule has 11 heteroatoms. The van der Waals surface area contributed by atoms with Gasteiger partial charge in [-0.3, -0.25) is 0 Å². The molecule has 7 nitrogen and oxygen atoms in total. The summed E-state index contributed by atoms with van der Waals surface area (Å²) in [6.45, 7) is 0. The van der Waals surface area contributed by atoms with Crippen LogP contribution < -0.4 is 16.5 Å². The maximum atomic E-state index is 12.6. The zero-order valence-electron chi connectivity index (χ0n) is 12.1. The van der Waals surface area contributed by atoms with Gasteiger partial charge in [0.2, 0.25) is 0 Å². The van der Waals surface area contributed by atoms with E-state index in [2.05, 4.69) is 25.7 Å². The number of halogens is 4. The molecule has 0 radical (unpaired) electrons. The number of hydrazine groups is 1. The zero-order chi connectivity index (χ0) is 17.2. The number of hydrogen-bond donors (Lipinski definition) is 3. The Morgan fingerprint density at radius 2 is 1.78 bits per heavy atom. The lowest BCUT2D eigenvalue weighted by Crippen LogP contribution is -2.21. The number of aromatic nitrogens is 3. The van der Waals surface area contributed by atoms with Crippen LogP contribution in [0, 0.1) is 0 Å². The van der Waals surface area contributed by atoms with Gasteiger partial charge >= 0.3 is 6.18 Å². The van der Waals surface area contributed by atoms with Gasteiger partial charge in [0.15, 0.2) is 11.6 Å². The lowest BCUT2D eigenvalue weighted by molar-refractivity contribution is -0.137. The molecule has 0 fully saturated rings. The summed E-state index contributed by atoms with van der Waals surface area (Å²) in [5.74, 6) is 0.495. The van der Waals surface area contributed by atoms with Crippen LogP contribution in [-0.4, -0.2) is 34.1 Å². The van der Waals surface area contributed by atoms with Gasteiger partial charge in [-0.25, -0.2) is 20.0 Å². The first kappa shape index (κ1) is 17.0. The first-order valence-electron chi connectivity index (χ1n) is 6.22. The largest absolute Gasteiger partial charge is 0.417 e. The first-order valence-corrected chi connectivity index (χ1v) is 6.60. The Balaban J connectivity index is 2.29. The second kappa shape index (κ2) is 6.42. The third-order valence-corrected chi connectivity index (χ3v) is 2.91. The summed E-state index contributed by atoms with van der Waals surface area (Å²) in [6.07, 6.45) is -2.61. The molecule has 0 aromatic carbocycles. The van der Waals surface area contributed by atoms with E-state index in [1.165, 1.54) is 6.33 Å². The van der Waals surface area contributed by atoms with Gasteiger partial charge in [-0.1, -0.05) is 11.6 Å². The van der Waals surface area contributed by atoms with Crippen molar-refractivity contribution in [2.75, 3.05) is 30.6 Å². The molecular weight excluding hydrogens is 335 g/mol. The highest BCUT2D eigenvalue weighted by atomic mass is 35.5. The van der Waals surface area contributed by atoms with Gasteiger partial charge in [0.05, 0.1) is 10.6 Å². The zero-order valence-corrected chi connectivity index (χ0v) is 12.9. The molecule has 0 aliphatic heterocycles. The molecule has 124 valence electrons. The topological polar surface area (TPSA) is 92.0 Å². The Kier molecular flexibility index (Phi) is 4.76. The van der Waals surface area contributed by atoms with E-state index in [9.17, 15) is 13.2 Å². The molecule has 0 spiro atoms. The number of nitrogens with zero attached hydrogens (tertiary/aromatic N) is 4. The Morgan fingerprint density at radius 3 is 2.35 bits per heavy atom. The standard InChI is InChI=1S/C12H13ClF3N7/c1-23(2)22-11-8(17)10(19-5-20-11)21-9-7(13)3-6(4-18-9)12(14,15)16/h3-5H,17H2,1-2H3,(H2,18,19,20,21,22). The Bertz CT molecular complexity index is 706. The van der Waals surface area contributed by atoms with Gasteiger partial charge < -0.3 is 16.5 Å². The van der Waals surface area contributed by atoms with E-state index in [0.29, 0.717) is 12.0 Å². The van der Waals surface area contributed by atoms with Crippen molar-refractivity contribution in [3.05, 3.63) is 29.2 Å². The quantitative estimate of drug-likeness (QED) is 0.732. The summed E-state index contributed by atoms with van der Waals surface area (Å²) in [6, 6.07) is 0.771. The molecule has 0 amide bonds.